The molecule has 2 N–H and O–H groups in total. The number of nitrogens with one attached hydrogen (secondary N) is 2. The number of hydrogen-bond acceptors (Lipinski definition) is 8. The van der Waals surface area contributed by atoms with E-state index in [1.54, 1.807) is 13.8 Å². The van der Waals surface area contributed by atoms with Gasteiger partial charge in [0.1, 0.15) is 5.00 Å². The number of thiophene rings is 1. The Balaban J connectivity index is 1.30. The Morgan fingerprint density at radius 3 is 2.45 bits per heavy atom. The quantitative estimate of drug-likeness (QED) is 0.172. The number of hydrogen-bond donors (Lipinski definition) is 2. The zero-order chi connectivity index (χ0) is 29.5. The van der Waals surface area contributed by atoms with Crippen LogP contribution in [0.3, 0.4) is 0 Å². The van der Waals surface area contributed by atoms with Crippen molar-refractivity contribution < 1.29 is 19.1 Å². The van der Waals surface area contributed by atoms with E-state index in [0.717, 1.165) is 40.8 Å². The second-order valence-corrected chi connectivity index (χ2v) is 12.4. The summed E-state index contributed by atoms with van der Waals surface area (Å²) in [7, 11) is 0. The number of esters is 1. The van der Waals surface area contributed by atoms with Crippen LogP contribution in [0.25, 0.3) is 0 Å². The molecule has 0 saturated heterocycles. The highest BCUT2D eigenvalue weighted by atomic mass is 32.2. The molecule has 9 nitrogen and oxygen atoms in total. The normalized spacial score (nSPS) is 12.9. The Bertz CT molecular complexity index is 1550. The van der Waals surface area contributed by atoms with E-state index in [1.165, 1.54) is 23.1 Å². The molecule has 0 fully saturated rings. The van der Waals surface area contributed by atoms with Crippen molar-refractivity contribution in [2.24, 2.45) is 0 Å². The van der Waals surface area contributed by atoms with Crippen LogP contribution in [0.4, 0.5) is 5.00 Å². The molecule has 4 aromatic rings. The third kappa shape index (κ3) is 7.08. The molecule has 0 saturated carbocycles. The van der Waals surface area contributed by atoms with Crippen LogP contribution in [-0.4, -0.2) is 44.4 Å². The zero-order valence-electron chi connectivity index (χ0n) is 23.6. The summed E-state index contributed by atoms with van der Waals surface area (Å²) in [4.78, 5) is 39.8. The molecule has 0 unspecified atom stereocenters. The number of anilines is 1. The molecule has 218 valence electrons. The molecule has 2 aromatic heterocycles. The van der Waals surface area contributed by atoms with Gasteiger partial charge >= 0.3 is 5.97 Å². The maximum Gasteiger partial charge on any atom is 0.341 e. The molecule has 1 atom stereocenters. The maximum absolute atomic E-state index is 13.3. The SMILES string of the molecule is CCOC(=O)c1c(NC(=O)[C@H](C)Sc2nnc(CNC(=O)Cc3ccccc3)n2Cc2ccccc2)sc2c1CCC2. The van der Waals surface area contributed by atoms with Crippen molar-refractivity contribution in [1.29, 1.82) is 0 Å². The average molecular weight is 604 g/mol. The van der Waals surface area contributed by atoms with Crippen molar-refractivity contribution in [1.82, 2.24) is 20.1 Å². The first kappa shape index (κ1) is 29.5. The molecular weight excluding hydrogens is 571 g/mol. The second-order valence-electron chi connectivity index (χ2n) is 9.94. The molecule has 42 heavy (non-hydrogen) atoms. The zero-order valence-corrected chi connectivity index (χ0v) is 25.2. The fourth-order valence-corrected chi connectivity index (χ4v) is 6.97. The molecule has 0 spiro atoms. The van der Waals surface area contributed by atoms with E-state index in [0.29, 0.717) is 28.1 Å². The third-order valence-electron chi connectivity index (χ3n) is 6.92. The summed E-state index contributed by atoms with van der Waals surface area (Å²) in [5.74, 6) is -0.154. The molecule has 0 radical (unpaired) electrons. The molecule has 2 amide bonds. The Kier molecular flexibility index (Phi) is 9.70. The van der Waals surface area contributed by atoms with Gasteiger partial charge in [-0.1, -0.05) is 72.4 Å². The number of carbonyl (C=O) groups is 3. The molecule has 2 heterocycles. The van der Waals surface area contributed by atoms with E-state index in [-0.39, 0.29) is 31.4 Å². The monoisotopic (exact) mass is 603 g/mol. The van der Waals surface area contributed by atoms with Crippen LogP contribution in [-0.2, 0) is 46.7 Å². The molecule has 1 aliphatic carbocycles. The summed E-state index contributed by atoms with van der Waals surface area (Å²) in [6, 6.07) is 19.5. The van der Waals surface area contributed by atoms with E-state index in [4.69, 9.17) is 4.74 Å². The van der Waals surface area contributed by atoms with Gasteiger partial charge in [0, 0.05) is 4.88 Å². The first-order chi connectivity index (χ1) is 20.4. The van der Waals surface area contributed by atoms with Crippen molar-refractivity contribution in [3.8, 4) is 0 Å². The molecule has 0 bridgehead atoms. The summed E-state index contributed by atoms with van der Waals surface area (Å²) in [5, 5.41) is 15.3. The van der Waals surface area contributed by atoms with E-state index >= 15 is 0 Å². The van der Waals surface area contributed by atoms with Crippen LogP contribution < -0.4 is 10.6 Å². The van der Waals surface area contributed by atoms with Crippen LogP contribution in [0.15, 0.2) is 65.8 Å². The van der Waals surface area contributed by atoms with E-state index in [9.17, 15) is 14.4 Å². The lowest BCUT2D eigenvalue weighted by molar-refractivity contribution is -0.120. The predicted molar refractivity (Wildman–Crippen MR) is 164 cm³/mol. The predicted octanol–water partition coefficient (Wildman–Crippen LogP) is 5.03. The summed E-state index contributed by atoms with van der Waals surface area (Å²) in [5.41, 5.74) is 3.45. The Morgan fingerprint density at radius 2 is 1.74 bits per heavy atom. The molecule has 11 heteroatoms. The number of ether oxygens (including phenoxy) is 1. The topological polar surface area (TPSA) is 115 Å². The first-order valence-electron chi connectivity index (χ1n) is 14.0. The summed E-state index contributed by atoms with van der Waals surface area (Å²) < 4.78 is 7.22. The van der Waals surface area contributed by atoms with Gasteiger partial charge in [0.2, 0.25) is 11.8 Å². The molecule has 0 aliphatic heterocycles. The van der Waals surface area contributed by atoms with Crippen molar-refractivity contribution in [2.45, 2.75) is 63.0 Å². The fourth-order valence-electron chi connectivity index (χ4n) is 4.82. The highest BCUT2D eigenvalue weighted by Gasteiger charge is 2.30. The Labute approximate surface area is 253 Å². The standard InChI is InChI=1S/C31H33N5O4S2/c1-3-40-30(39)27-23-15-10-16-24(23)42-29(27)33-28(38)20(2)41-31-35-34-25(36(31)19-22-13-8-5-9-14-22)18-32-26(37)17-21-11-6-4-7-12-21/h4-9,11-14,20H,3,10,15-19H2,1-2H3,(H,32,37)(H,33,38)/t20-/m0/s1. The fraction of sp³-hybridized carbons (Fsp3) is 0.323. The van der Waals surface area contributed by atoms with Crippen molar-refractivity contribution in [3.05, 3.63) is 93.6 Å². The van der Waals surface area contributed by atoms with E-state index in [1.807, 2.05) is 65.2 Å². The number of aromatic nitrogens is 3. The van der Waals surface area contributed by atoms with Crippen molar-refractivity contribution >= 4 is 45.9 Å². The van der Waals surface area contributed by atoms with E-state index < -0.39 is 11.2 Å². The summed E-state index contributed by atoms with van der Waals surface area (Å²) >= 11 is 2.74. The molecular formula is C31H33N5O4S2. The number of nitrogens with zero attached hydrogens (tertiary/aromatic N) is 3. The lowest BCUT2D eigenvalue weighted by atomic mass is 10.1. The summed E-state index contributed by atoms with van der Waals surface area (Å²) in [6.45, 7) is 4.54. The highest BCUT2D eigenvalue weighted by Crippen LogP contribution is 2.40. The third-order valence-corrected chi connectivity index (χ3v) is 9.20. The minimum Gasteiger partial charge on any atom is -0.462 e. The van der Waals surface area contributed by atoms with Crippen LogP contribution in [0.1, 0.15) is 58.0 Å². The van der Waals surface area contributed by atoms with Gasteiger partial charge < -0.3 is 19.9 Å². The van der Waals surface area contributed by atoms with Crippen LogP contribution in [0.5, 0.6) is 0 Å². The van der Waals surface area contributed by atoms with Gasteiger partial charge in [-0.25, -0.2) is 4.79 Å². The molecule has 5 rings (SSSR count). The van der Waals surface area contributed by atoms with Gasteiger partial charge in [-0.3, -0.25) is 9.59 Å². The number of rotatable bonds is 12. The maximum atomic E-state index is 13.3. The van der Waals surface area contributed by atoms with Gasteiger partial charge in [-0.15, -0.1) is 21.5 Å². The van der Waals surface area contributed by atoms with E-state index in [2.05, 4.69) is 20.8 Å². The van der Waals surface area contributed by atoms with Crippen LogP contribution >= 0.6 is 23.1 Å². The molecule has 2 aromatic carbocycles. The average Bonchev–Trinajstić information content (AvgIpc) is 3.68. The number of amides is 2. The number of fused-ring (bicyclic) bond motifs is 1. The van der Waals surface area contributed by atoms with Gasteiger partial charge in [-0.2, -0.15) is 0 Å². The van der Waals surface area contributed by atoms with Gasteiger partial charge in [-0.05, 0) is 49.8 Å². The first-order valence-corrected chi connectivity index (χ1v) is 15.7. The minimum absolute atomic E-state index is 0.113. The van der Waals surface area contributed by atoms with Crippen molar-refractivity contribution in [3.63, 3.8) is 0 Å². The summed E-state index contributed by atoms with van der Waals surface area (Å²) in [6.07, 6.45) is 2.99. The smallest absolute Gasteiger partial charge is 0.341 e. The number of thioether (sulfide) groups is 1. The van der Waals surface area contributed by atoms with Crippen LogP contribution in [0, 0.1) is 0 Å². The van der Waals surface area contributed by atoms with Crippen molar-refractivity contribution in [2.75, 3.05) is 11.9 Å². The second kappa shape index (κ2) is 13.8. The lowest BCUT2D eigenvalue weighted by Gasteiger charge is -2.14. The van der Waals surface area contributed by atoms with Gasteiger partial charge in [0.05, 0.1) is 36.9 Å². The Morgan fingerprint density at radius 1 is 1.02 bits per heavy atom. The number of carbonyl (C=O) groups excluding carboxylic acids is 3. The minimum atomic E-state index is -0.531. The molecule has 1 aliphatic rings. The van der Waals surface area contributed by atoms with Gasteiger partial charge in [0.25, 0.3) is 0 Å². The largest absolute Gasteiger partial charge is 0.462 e. The Hall–Kier alpha value is -3.96. The highest BCUT2D eigenvalue weighted by molar-refractivity contribution is 8.00. The number of aryl methyl sites for hydroxylation is 1. The number of benzene rings is 2. The lowest BCUT2D eigenvalue weighted by Crippen LogP contribution is -2.27. The van der Waals surface area contributed by atoms with Crippen LogP contribution in [0.2, 0.25) is 0 Å². The van der Waals surface area contributed by atoms with Gasteiger partial charge in [0.15, 0.2) is 11.0 Å².